The maximum atomic E-state index is 13.8. The highest BCUT2D eigenvalue weighted by Crippen LogP contribution is 2.14. The Morgan fingerprint density at radius 3 is 2.86 bits per heavy atom. The summed E-state index contributed by atoms with van der Waals surface area (Å²) in [5, 5.41) is 3.28. The molecule has 0 fully saturated rings. The fraction of sp³-hybridized carbons (Fsp3) is 0.250. The second-order valence-corrected chi connectivity index (χ2v) is 4.69. The van der Waals surface area contributed by atoms with Crippen LogP contribution in [0.1, 0.15) is 34.5 Å². The first-order valence-electron chi connectivity index (χ1n) is 6.62. The van der Waals surface area contributed by atoms with Gasteiger partial charge in [-0.05, 0) is 36.2 Å². The zero-order valence-corrected chi connectivity index (χ0v) is 12.0. The van der Waals surface area contributed by atoms with Gasteiger partial charge in [0, 0.05) is 25.0 Å². The van der Waals surface area contributed by atoms with Crippen LogP contribution in [0.25, 0.3) is 0 Å². The van der Waals surface area contributed by atoms with Gasteiger partial charge >= 0.3 is 5.97 Å². The number of ether oxygens (including phenoxy) is 1. The predicted molar refractivity (Wildman–Crippen MR) is 77.2 cm³/mol. The fourth-order valence-electron chi connectivity index (χ4n) is 1.96. The Kier molecular flexibility index (Phi) is 5.00. The summed E-state index contributed by atoms with van der Waals surface area (Å²) < 4.78 is 18.3. The van der Waals surface area contributed by atoms with Gasteiger partial charge in [-0.1, -0.05) is 12.1 Å². The van der Waals surface area contributed by atoms with Crippen LogP contribution in [0.5, 0.6) is 0 Å². The van der Waals surface area contributed by atoms with Gasteiger partial charge in [0.05, 0.1) is 12.7 Å². The molecular weight excluding hydrogens is 271 g/mol. The molecule has 2 aromatic rings. The number of carbonyl (C=O) groups excluding carboxylic acids is 1. The van der Waals surface area contributed by atoms with Gasteiger partial charge in [-0.3, -0.25) is 4.98 Å². The minimum atomic E-state index is -0.671. The molecule has 1 atom stereocenters. The molecule has 1 aromatic carbocycles. The lowest BCUT2D eigenvalue weighted by atomic mass is 10.1. The van der Waals surface area contributed by atoms with E-state index in [1.54, 1.807) is 18.5 Å². The monoisotopic (exact) mass is 288 g/mol. The van der Waals surface area contributed by atoms with Gasteiger partial charge in [0.1, 0.15) is 5.82 Å². The second-order valence-electron chi connectivity index (χ2n) is 4.69. The van der Waals surface area contributed by atoms with Crippen molar-refractivity contribution in [1.82, 2.24) is 10.3 Å². The molecule has 2 rings (SSSR count). The molecule has 0 aliphatic carbocycles. The van der Waals surface area contributed by atoms with Crippen LogP contribution in [-0.4, -0.2) is 18.1 Å². The molecule has 1 heterocycles. The molecular formula is C16H17FN2O2. The van der Waals surface area contributed by atoms with Gasteiger partial charge in [0.25, 0.3) is 0 Å². The predicted octanol–water partition coefficient (Wildman–Crippen LogP) is 2.86. The van der Waals surface area contributed by atoms with Crippen LogP contribution < -0.4 is 5.32 Å². The first-order chi connectivity index (χ1) is 10.1. The van der Waals surface area contributed by atoms with Crippen LogP contribution in [0.2, 0.25) is 0 Å². The number of carbonyl (C=O) groups is 1. The Bertz CT molecular complexity index is 617. The highest BCUT2D eigenvalue weighted by Gasteiger charge is 2.12. The van der Waals surface area contributed by atoms with E-state index < -0.39 is 11.8 Å². The molecule has 0 spiro atoms. The number of hydrogen-bond donors (Lipinski definition) is 1. The van der Waals surface area contributed by atoms with Gasteiger partial charge < -0.3 is 10.1 Å². The van der Waals surface area contributed by atoms with E-state index in [1.807, 2.05) is 19.1 Å². The van der Waals surface area contributed by atoms with Crippen molar-refractivity contribution in [2.24, 2.45) is 0 Å². The van der Waals surface area contributed by atoms with Crippen molar-refractivity contribution in [3.05, 3.63) is 65.2 Å². The summed E-state index contributed by atoms with van der Waals surface area (Å²) in [6.07, 6.45) is 3.51. The van der Waals surface area contributed by atoms with Crippen LogP contribution >= 0.6 is 0 Å². The number of pyridine rings is 1. The molecule has 0 saturated heterocycles. The number of nitrogens with zero attached hydrogens (tertiary/aromatic N) is 1. The Labute approximate surface area is 123 Å². The summed E-state index contributed by atoms with van der Waals surface area (Å²) in [4.78, 5) is 15.4. The SMILES string of the molecule is COC(=O)c1ccc(CN[C@H](C)c2cccnc2)cc1F. The van der Waals surface area contributed by atoms with E-state index in [0.29, 0.717) is 6.54 Å². The molecule has 0 aliphatic heterocycles. The number of esters is 1. The fourth-order valence-corrected chi connectivity index (χ4v) is 1.96. The van der Waals surface area contributed by atoms with E-state index in [-0.39, 0.29) is 11.6 Å². The summed E-state index contributed by atoms with van der Waals surface area (Å²) in [6.45, 7) is 2.50. The number of halogens is 1. The summed E-state index contributed by atoms with van der Waals surface area (Å²) in [7, 11) is 1.23. The Morgan fingerprint density at radius 1 is 1.43 bits per heavy atom. The van der Waals surface area contributed by atoms with Crippen LogP contribution in [0.3, 0.4) is 0 Å². The zero-order chi connectivity index (χ0) is 15.2. The van der Waals surface area contributed by atoms with Crippen LogP contribution in [0.15, 0.2) is 42.7 Å². The Morgan fingerprint density at radius 2 is 2.24 bits per heavy atom. The van der Waals surface area contributed by atoms with Crippen LogP contribution in [0.4, 0.5) is 4.39 Å². The average molecular weight is 288 g/mol. The van der Waals surface area contributed by atoms with Crippen molar-refractivity contribution in [3.8, 4) is 0 Å². The van der Waals surface area contributed by atoms with E-state index in [1.165, 1.54) is 19.2 Å². The molecule has 0 radical (unpaired) electrons. The molecule has 0 amide bonds. The molecule has 110 valence electrons. The van der Waals surface area contributed by atoms with E-state index >= 15 is 0 Å². The standard InChI is InChI=1S/C16H17FN2O2/c1-11(13-4-3-7-18-10-13)19-9-12-5-6-14(15(17)8-12)16(20)21-2/h3-8,10-11,19H,9H2,1-2H3/t11-/m1/s1. The quantitative estimate of drug-likeness (QED) is 0.860. The zero-order valence-electron chi connectivity index (χ0n) is 12.0. The van der Waals surface area contributed by atoms with E-state index in [2.05, 4.69) is 15.0 Å². The largest absolute Gasteiger partial charge is 0.465 e. The van der Waals surface area contributed by atoms with Gasteiger partial charge in [0.15, 0.2) is 0 Å². The molecule has 0 bridgehead atoms. The summed E-state index contributed by atoms with van der Waals surface area (Å²) in [5.74, 6) is -1.24. The highest BCUT2D eigenvalue weighted by molar-refractivity contribution is 5.89. The highest BCUT2D eigenvalue weighted by atomic mass is 19.1. The summed E-state index contributed by atoms with van der Waals surface area (Å²) >= 11 is 0. The molecule has 0 saturated carbocycles. The lowest BCUT2D eigenvalue weighted by Gasteiger charge is -2.14. The molecule has 21 heavy (non-hydrogen) atoms. The average Bonchev–Trinajstić information content (AvgIpc) is 2.52. The number of hydrogen-bond acceptors (Lipinski definition) is 4. The van der Waals surface area contributed by atoms with Crippen LogP contribution in [0, 0.1) is 5.82 Å². The first kappa shape index (κ1) is 15.1. The molecule has 0 unspecified atom stereocenters. The number of benzene rings is 1. The lowest BCUT2D eigenvalue weighted by Crippen LogP contribution is -2.18. The molecule has 4 nitrogen and oxygen atoms in total. The summed E-state index contributed by atoms with van der Waals surface area (Å²) in [6, 6.07) is 8.44. The minimum absolute atomic E-state index is 0.0541. The number of aromatic nitrogens is 1. The normalized spacial score (nSPS) is 12.0. The van der Waals surface area contributed by atoms with Gasteiger partial charge in [-0.25, -0.2) is 9.18 Å². The smallest absolute Gasteiger partial charge is 0.340 e. The van der Waals surface area contributed by atoms with Crippen molar-refractivity contribution >= 4 is 5.97 Å². The molecule has 0 aliphatic rings. The second kappa shape index (κ2) is 6.95. The number of nitrogens with one attached hydrogen (secondary N) is 1. The van der Waals surface area contributed by atoms with Gasteiger partial charge in [0.2, 0.25) is 0 Å². The van der Waals surface area contributed by atoms with Crippen LogP contribution in [-0.2, 0) is 11.3 Å². The topological polar surface area (TPSA) is 51.2 Å². The summed E-state index contributed by atoms with van der Waals surface area (Å²) in [5.41, 5.74) is 1.77. The van der Waals surface area contributed by atoms with Gasteiger partial charge in [-0.2, -0.15) is 0 Å². The lowest BCUT2D eigenvalue weighted by molar-refractivity contribution is 0.0595. The number of rotatable bonds is 5. The van der Waals surface area contributed by atoms with Crippen molar-refractivity contribution in [2.75, 3.05) is 7.11 Å². The third-order valence-electron chi connectivity index (χ3n) is 3.24. The van der Waals surface area contributed by atoms with Crippen molar-refractivity contribution in [2.45, 2.75) is 19.5 Å². The Hall–Kier alpha value is -2.27. The molecule has 1 aromatic heterocycles. The minimum Gasteiger partial charge on any atom is -0.465 e. The van der Waals surface area contributed by atoms with E-state index in [4.69, 9.17) is 0 Å². The first-order valence-corrected chi connectivity index (χ1v) is 6.62. The Balaban J connectivity index is 2.01. The van der Waals surface area contributed by atoms with E-state index in [9.17, 15) is 9.18 Å². The van der Waals surface area contributed by atoms with Crippen molar-refractivity contribution < 1.29 is 13.9 Å². The third kappa shape index (κ3) is 3.86. The van der Waals surface area contributed by atoms with Gasteiger partial charge in [-0.15, -0.1) is 0 Å². The van der Waals surface area contributed by atoms with E-state index in [0.717, 1.165) is 11.1 Å². The van der Waals surface area contributed by atoms with Crippen molar-refractivity contribution in [1.29, 1.82) is 0 Å². The number of methoxy groups -OCH3 is 1. The maximum absolute atomic E-state index is 13.8. The van der Waals surface area contributed by atoms with Crippen molar-refractivity contribution in [3.63, 3.8) is 0 Å². The molecule has 5 heteroatoms. The third-order valence-corrected chi connectivity index (χ3v) is 3.24. The maximum Gasteiger partial charge on any atom is 0.340 e. The molecule has 1 N–H and O–H groups in total.